The molecule has 2 aromatic carbocycles. The van der Waals surface area contributed by atoms with Crippen LogP contribution < -0.4 is 0 Å². The number of hydrogen-bond donors (Lipinski definition) is 1. The van der Waals surface area contributed by atoms with Crippen LogP contribution >= 0.6 is 0 Å². The Bertz CT molecular complexity index is 551. The van der Waals surface area contributed by atoms with Crippen molar-refractivity contribution in [1.82, 2.24) is 4.90 Å². The van der Waals surface area contributed by atoms with Gasteiger partial charge in [0.2, 0.25) is 0 Å². The van der Waals surface area contributed by atoms with E-state index in [1.165, 1.54) is 11.1 Å². The summed E-state index contributed by atoms with van der Waals surface area (Å²) in [6.45, 7) is 2.58. The standard InChI is InChI=1S/C20H23NO2/c1-2-13-23-17-20(22)16-21(14-18-9-5-3-6-10-18)15-19-11-7-4-8-12-19/h1,3-12,20,22H,13-17H2/t20-/m1/s1. The first-order valence-corrected chi connectivity index (χ1v) is 7.77. The molecular weight excluding hydrogens is 286 g/mol. The van der Waals surface area contributed by atoms with Crippen molar-refractivity contribution in [2.75, 3.05) is 19.8 Å². The molecule has 0 spiro atoms. The first kappa shape index (κ1) is 17.2. The molecule has 0 radical (unpaired) electrons. The van der Waals surface area contributed by atoms with Crippen molar-refractivity contribution in [2.24, 2.45) is 0 Å². The van der Waals surface area contributed by atoms with Gasteiger partial charge in [-0.1, -0.05) is 66.6 Å². The van der Waals surface area contributed by atoms with Crippen LogP contribution in [0, 0.1) is 12.3 Å². The second kappa shape index (κ2) is 9.81. The number of hydrogen-bond acceptors (Lipinski definition) is 3. The van der Waals surface area contributed by atoms with Gasteiger partial charge in [-0.2, -0.15) is 0 Å². The zero-order chi connectivity index (χ0) is 16.3. The van der Waals surface area contributed by atoms with Gasteiger partial charge in [0, 0.05) is 19.6 Å². The van der Waals surface area contributed by atoms with Crippen LogP contribution in [0.25, 0.3) is 0 Å². The maximum Gasteiger partial charge on any atom is 0.107 e. The summed E-state index contributed by atoms with van der Waals surface area (Å²) < 4.78 is 5.23. The third-order valence-electron chi connectivity index (χ3n) is 3.46. The van der Waals surface area contributed by atoms with E-state index in [-0.39, 0.29) is 13.2 Å². The molecule has 0 aliphatic heterocycles. The fraction of sp³-hybridized carbons (Fsp3) is 0.300. The highest BCUT2D eigenvalue weighted by Crippen LogP contribution is 2.10. The molecule has 0 fully saturated rings. The number of nitrogens with zero attached hydrogens (tertiary/aromatic N) is 1. The molecule has 3 heteroatoms. The fourth-order valence-electron chi connectivity index (χ4n) is 2.47. The van der Waals surface area contributed by atoms with Crippen molar-refractivity contribution in [3.05, 3.63) is 71.8 Å². The Morgan fingerprint density at radius 1 is 0.957 bits per heavy atom. The second-order valence-corrected chi connectivity index (χ2v) is 5.51. The largest absolute Gasteiger partial charge is 0.389 e. The predicted molar refractivity (Wildman–Crippen MR) is 92.7 cm³/mol. The maximum absolute atomic E-state index is 10.2. The summed E-state index contributed by atoms with van der Waals surface area (Å²) in [6.07, 6.45) is 4.59. The first-order chi connectivity index (χ1) is 11.3. The van der Waals surface area contributed by atoms with Crippen LogP contribution in [0.3, 0.4) is 0 Å². The molecule has 0 saturated carbocycles. The molecule has 2 rings (SSSR count). The van der Waals surface area contributed by atoms with Crippen molar-refractivity contribution in [3.8, 4) is 12.3 Å². The summed E-state index contributed by atoms with van der Waals surface area (Å²) >= 11 is 0. The van der Waals surface area contributed by atoms with E-state index in [4.69, 9.17) is 11.2 Å². The van der Waals surface area contributed by atoms with Crippen molar-refractivity contribution in [3.63, 3.8) is 0 Å². The van der Waals surface area contributed by atoms with Crippen LogP contribution in [0.15, 0.2) is 60.7 Å². The summed E-state index contributed by atoms with van der Waals surface area (Å²) in [6, 6.07) is 20.5. The molecule has 1 N–H and O–H groups in total. The summed E-state index contributed by atoms with van der Waals surface area (Å²) in [7, 11) is 0. The molecule has 0 bridgehead atoms. The lowest BCUT2D eigenvalue weighted by Crippen LogP contribution is -2.34. The summed E-state index contributed by atoms with van der Waals surface area (Å²) in [5.41, 5.74) is 2.44. The van der Waals surface area contributed by atoms with E-state index < -0.39 is 6.10 Å². The van der Waals surface area contributed by atoms with E-state index in [2.05, 4.69) is 35.1 Å². The Morgan fingerprint density at radius 2 is 1.48 bits per heavy atom. The van der Waals surface area contributed by atoms with Gasteiger partial charge in [0.05, 0.1) is 12.7 Å². The summed E-state index contributed by atoms with van der Waals surface area (Å²) in [4.78, 5) is 2.22. The van der Waals surface area contributed by atoms with Crippen LogP contribution in [0.1, 0.15) is 11.1 Å². The number of rotatable bonds is 9. The third kappa shape index (κ3) is 6.66. The van der Waals surface area contributed by atoms with Gasteiger partial charge in [0.15, 0.2) is 0 Å². The molecular formula is C20H23NO2. The van der Waals surface area contributed by atoms with E-state index in [1.807, 2.05) is 36.4 Å². The molecule has 0 aliphatic rings. The van der Waals surface area contributed by atoms with Crippen molar-refractivity contribution in [2.45, 2.75) is 19.2 Å². The van der Waals surface area contributed by atoms with E-state index in [0.717, 1.165) is 13.1 Å². The monoisotopic (exact) mass is 309 g/mol. The molecule has 2 aromatic rings. The summed E-state index contributed by atoms with van der Waals surface area (Å²) in [5.74, 6) is 2.41. The van der Waals surface area contributed by atoms with Gasteiger partial charge in [-0.15, -0.1) is 6.42 Å². The molecule has 0 aliphatic carbocycles. The van der Waals surface area contributed by atoms with Crippen LogP contribution in [0.2, 0.25) is 0 Å². The molecule has 0 heterocycles. The van der Waals surface area contributed by atoms with Gasteiger partial charge in [-0.05, 0) is 11.1 Å². The van der Waals surface area contributed by atoms with Crippen molar-refractivity contribution < 1.29 is 9.84 Å². The van der Waals surface area contributed by atoms with E-state index in [0.29, 0.717) is 6.54 Å². The minimum Gasteiger partial charge on any atom is -0.389 e. The number of aliphatic hydroxyl groups excluding tert-OH is 1. The Labute approximate surface area is 138 Å². The second-order valence-electron chi connectivity index (χ2n) is 5.51. The number of terminal acetylenes is 1. The highest BCUT2D eigenvalue weighted by atomic mass is 16.5. The van der Waals surface area contributed by atoms with Gasteiger partial charge < -0.3 is 9.84 Å². The topological polar surface area (TPSA) is 32.7 Å². The summed E-state index contributed by atoms with van der Waals surface area (Å²) in [5, 5.41) is 10.2. The van der Waals surface area contributed by atoms with Crippen LogP contribution in [0.5, 0.6) is 0 Å². The molecule has 3 nitrogen and oxygen atoms in total. The quantitative estimate of drug-likeness (QED) is 0.571. The number of aliphatic hydroxyl groups is 1. The lowest BCUT2D eigenvalue weighted by molar-refractivity contribution is 0.0243. The van der Waals surface area contributed by atoms with Gasteiger partial charge >= 0.3 is 0 Å². The van der Waals surface area contributed by atoms with E-state index in [1.54, 1.807) is 0 Å². The zero-order valence-electron chi connectivity index (χ0n) is 13.3. The van der Waals surface area contributed by atoms with Crippen LogP contribution in [0.4, 0.5) is 0 Å². The molecule has 0 unspecified atom stereocenters. The Hall–Kier alpha value is -2.12. The Balaban J connectivity index is 1.97. The van der Waals surface area contributed by atoms with Gasteiger partial charge in [0.1, 0.15) is 6.61 Å². The highest BCUT2D eigenvalue weighted by molar-refractivity contribution is 5.17. The van der Waals surface area contributed by atoms with E-state index >= 15 is 0 Å². The van der Waals surface area contributed by atoms with Gasteiger partial charge in [-0.3, -0.25) is 4.90 Å². The Morgan fingerprint density at radius 3 is 1.96 bits per heavy atom. The predicted octanol–water partition coefficient (Wildman–Crippen LogP) is 2.70. The lowest BCUT2D eigenvalue weighted by Gasteiger charge is -2.25. The maximum atomic E-state index is 10.2. The molecule has 0 aromatic heterocycles. The molecule has 0 amide bonds. The average Bonchev–Trinajstić information content (AvgIpc) is 2.57. The first-order valence-electron chi connectivity index (χ1n) is 7.77. The molecule has 23 heavy (non-hydrogen) atoms. The molecule has 1 atom stereocenters. The van der Waals surface area contributed by atoms with Crippen LogP contribution in [-0.4, -0.2) is 35.9 Å². The minimum atomic E-state index is -0.559. The third-order valence-corrected chi connectivity index (χ3v) is 3.46. The number of benzene rings is 2. The van der Waals surface area contributed by atoms with E-state index in [9.17, 15) is 5.11 Å². The Kier molecular flexibility index (Phi) is 7.35. The number of ether oxygens (including phenoxy) is 1. The van der Waals surface area contributed by atoms with Crippen molar-refractivity contribution >= 4 is 0 Å². The molecule has 0 saturated heterocycles. The van der Waals surface area contributed by atoms with Gasteiger partial charge in [0.25, 0.3) is 0 Å². The SMILES string of the molecule is C#CCOC[C@H](O)CN(Cc1ccccc1)Cc1ccccc1. The lowest BCUT2D eigenvalue weighted by atomic mass is 10.1. The van der Waals surface area contributed by atoms with Crippen LogP contribution in [-0.2, 0) is 17.8 Å². The molecule has 120 valence electrons. The highest BCUT2D eigenvalue weighted by Gasteiger charge is 2.13. The fourth-order valence-corrected chi connectivity index (χ4v) is 2.47. The van der Waals surface area contributed by atoms with Crippen molar-refractivity contribution in [1.29, 1.82) is 0 Å². The normalized spacial score (nSPS) is 12.0. The zero-order valence-corrected chi connectivity index (χ0v) is 13.3. The smallest absolute Gasteiger partial charge is 0.107 e. The minimum absolute atomic E-state index is 0.231. The van der Waals surface area contributed by atoms with Gasteiger partial charge in [-0.25, -0.2) is 0 Å². The average molecular weight is 309 g/mol.